The van der Waals surface area contributed by atoms with Gasteiger partial charge in [-0.3, -0.25) is 4.79 Å². The van der Waals surface area contributed by atoms with E-state index in [9.17, 15) is 4.79 Å². The molecule has 2 heterocycles. The monoisotopic (exact) mass is 394 g/mol. The summed E-state index contributed by atoms with van der Waals surface area (Å²) in [5.74, 6) is 1.10. The Labute approximate surface area is 166 Å². The molecule has 0 unspecified atom stereocenters. The van der Waals surface area contributed by atoms with Crippen molar-refractivity contribution in [2.24, 2.45) is 5.10 Å². The van der Waals surface area contributed by atoms with Crippen LogP contribution in [0.1, 0.15) is 12.0 Å². The van der Waals surface area contributed by atoms with Crippen LogP contribution in [0.3, 0.4) is 0 Å². The van der Waals surface area contributed by atoms with E-state index in [1.54, 1.807) is 7.11 Å². The normalized spacial score (nSPS) is 13.5. The second kappa shape index (κ2) is 8.26. The van der Waals surface area contributed by atoms with Crippen molar-refractivity contribution in [2.45, 2.75) is 11.6 Å². The summed E-state index contributed by atoms with van der Waals surface area (Å²) in [7, 11) is 1.59. The standard InChI is InChI=1S/C20H18N4O3S/c1-26-17-10-6-5-9-15(17)19-21-22-20(27-19)28-13-18(25)24-12-11-16(23-24)14-7-3-2-4-8-14/h2-10H,11-13H2,1H3. The lowest BCUT2D eigenvalue weighted by atomic mass is 10.1. The number of hydrazone groups is 1. The Hall–Kier alpha value is -3.13. The Morgan fingerprint density at radius 3 is 2.75 bits per heavy atom. The number of thioether (sulfide) groups is 1. The molecule has 28 heavy (non-hydrogen) atoms. The Bertz CT molecular complexity index is 1000. The van der Waals surface area contributed by atoms with Gasteiger partial charge in [-0.05, 0) is 17.7 Å². The summed E-state index contributed by atoms with van der Waals surface area (Å²) in [6.45, 7) is 0.583. The van der Waals surface area contributed by atoms with Crippen LogP contribution in [0.25, 0.3) is 11.5 Å². The van der Waals surface area contributed by atoms with Crippen LogP contribution in [-0.4, -0.2) is 46.2 Å². The van der Waals surface area contributed by atoms with Crippen molar-refractivity contribution in [2.75, 3.05) is 19.4 Å². The fourth-order valence-electron chi connectivity index (χ4n) is 2.87. The average Bonchev–Trinajstić information content (AvgIpc) is 3.43. The van der Waals surface area contributed by atoms with Crippen LogP contribution in [0.5, 0.6) is 5.75 Å². The molecule has 1 amide bonds. The summed E-state index contributed by atoms with van der Waals surface area (Å²) in [5.41, 5.74) is 2.69. The van der Waals surface area contributed by atoms with Crippen molar-refractivity contribution in [3.05, 3.63) is 60.2 Å². The van der Waals surface area contributed by atoms with Crippen molar-refractivity contribution in [1.29, 1.82) is 0 Å². The van der Waals surface area contributed by atoms with Gasteiger partial charge in [0.1, 0.15) is 5.75 Å². The smallest absolute Gasteiger partial charge is 0.277 e. The average molecular weight is 394 g/mol. The second-order valence-electron chi connectivity index (χ2n) is 6.04. The summed E-state index contributed by atoms with van der Waals surface area (Å²) in [4.78, 5) is 12.5. The Balaban J connectivity index is 1.38. The molecule has 7 nitrogen and oxygen atoms in total. The highest BCUT2D eigenvalue weighted by Crippen LogP contribution is 2.30. The molecule has 2 aromatic carbocycles. The highest BCUT2D eigenvalue weighted by molar-refractivity contribution is 7.99. The number of aromatic nitrogens is 2. The maximum Gasteiger partial charge on any atom is 0.277 e. The minimum Gasteiger partial charge on any atom is -0.496 e. The Morgan fingerprint density at radius 2 is 1.93 bits per heavy atom. The van der Waals surface area contributed by atoms with Crippen molar-refractivity contribution in [1.82, 2.24) is 15.2 Å². The van der Waals surface area contributed by atoms with Gasteiger partial charge in [0.2, 0.25) is 0 Å². The molecule has 0 spiro atoms. The highest BCUT2D eigenvalue weighted by Gasteiger charge is 2.22. The molecule has 142 valence electrons. The SMILES string of the molecule is COc1ccccc1-c1nnc(SCC(=O)N2CCC(c3ccccc3)=N2)o1. The van der Waals surface area contributed by atoms with Gasteiger partial charge < -0.3 is 9.15 Å². The van der Waals surface area contributed by atoms with E-state index >= 15 is 0 Å². The topological polar surface area (TPSA) is 80.8 Å². The third-order valence-corrected chi connectivity index (χ3v) is 5.06. The number of para-hydroxylation sites is 1. The number of rotatable bonds is 6. The first-order valence-corrected chi connectivity index (χ1v) is 9.76. The maximum atomic E-state index is 12.5. The first kappa shape index (κ1) is 18.2. The molecule has 0 bridgehead atoms. The van der Waals surface area contributed by atoms with E-state index in [2.05, 4.69) is 15.3 Å². The van der Waals surface area contributed by atoms with Crippen molar-refractivity contribution in [3.8, 4) is 17.2 Å². The number of benzene rings is 2. The van der Waals surface area contributed by atoms with Gasteiger partial charge in [-0.2, -0.15) is 5.10 Å². The molecule has 1 aromatic heterocycles. The molecule has 0 aliphatic carbocycles. The van der Waals surface area contributed by atoms with Gasteiger partial charge >= 0.3 is 0 Å². The summed E-state index contributed by atoms with van der Waals surface area (Å²) >= 11 is 1.20. The first-order valence-electron chi connectivity index (χ1n) is 8.77. The van der Waals surface area contributed by atoms with E-state index in [0.29, 0.717) is 29.0 Å². The lowest BCUT2D eigenvalue weighted by Gasteiger charge is -2.09. The Morgan fingerprint density at radius 1 is 1.14 bits per heavy atom. The number of hydrogen-bond acceptors (Lipinski definition) is 7. The number of hydrogen-bond donors (Lipinski definition) is 0. The third kappa shape index (κ3) is 3.91. The fourth-order valence-corrected chi connectivity index (χ4v) is 3.50. The molecule has 8 heteroatoms. The molecular weight excluding hydrogens is 376 g/mol. The quantitative estimate of drug-likeness (QED) is 0.596. The molecule has 0 N–H and O–H groups in total. The van der Waals surface area contributed by atoms with Crippen LogP contribution in [0.15, 0.2) is 69.3 Å². The number of methoxy groups -OCH3 is 1. The molecule has 0 atom stereocenters. The zero-order chi connectivity index (χ0) is 19.3. The maximum absolute atomic E-state index is 12.5. The van der Waals surface area contributed by atoms with Crippen LogP contribution in [0.2, 0.25) is 0 Å². The number of ether oxygens (including phenoxy) is 1. The Kier molecular flexibility index (Phi) is 5.38. The molecule has 1 aliphatic rings. The number of carbonyl (C=O) groups excluding carboxylic acids is 1. The van der Waals surface area contributed by atoms with Crippen molar-refractivity contribution < 1.29 is 13.9 Å². The summed E-state index contributed by atoms with van der Waals surface area (Å²) in [5, 5.41) is 14.4. The number of amides is 1. The predicted molar refractivity (Wildman–Crippen MR) is 106 cm³/mol. The minimum absolute atomic E-state index is 0.0898. The molecule has 0 fully saturated rings. The lowest BCUT2D eigenvalue weighted by molar-refractivity contribution is -0.127. The van der Waals surface area contributed by atoms with Gasteiger partial charge in [0.05, 0.1) is 30.7 Å². The van der Waals surface area contributed by atoms with Crippen LogP contribution < -0.4 is 4.74 Å². The van der Waals surface area contributed by atoms with Crippen LogP contribution >= 0.6 is 11.8 Å². The molecule has 0 saturated carbocycles. The number of nitrogens with zero attached hydrogens (tertiary/aromatic N) is 4. The van der Waals surface area contributed by atoms with Crippen molar-refractivity contribution in [3.63, 3.8) is 0 Å². The molecule has 0 saturated heterocycles. The van der Waals surface area contributed by atoms with Gasteiger partial charge in [0.25, 0.3) is 17.0 Å². The summed E-state index contributed by atoms with van der Waals surface area (Å²) in [6.07, 6.45) is 0.749. The van der Waals surface area contributed by atoms with E-state index in [4.69, 9.17) is 9.15 Å². The van der Waals surface area contributed by atoms with Gasteiger partial charge in [-0.1, -0.05) is 54.2 Å². The molecule has 1 aliphatic heterocycles. The lowest BCUT2D eigenvalue weighted by Crippen LogP contribution is -2.25. The summed E-state index contributed by atoms with van der Waals surface area (Å²) in [6, 6.07) is 17.3. The fraction of sp³-hybridized carbons (Fsp3) is 0.200. The highest BCUT2D eigenvalue weighted by atomic mass is 32.2. The molecule has 0 radical (unpaired) electrons. The zero-order valence-electron chi connectivity index (χ0n) is 15.2. The summed E-state index contributed by atoms with van der Waals surface area (Å²) < 4.78 is 11.0. The molecule has 4 rings (SSSR count). The van der Waals surface area contributed by atoms with E-state index in [1.165, 1.54) is 16.8 Å². The van der Waals surface area contributed by atoms with E-state index in [1.807, 2.05) is 54.6 Å². The zero-order valence-corrected chi connectivity index (χ0v) is 16.1. The van der Waals surface area contributed by atoms with Gasteiger partial charge in [-0.15, -0.1) is 10.2 Å². The van der Waals surface area contributed by atoms with Crippen LogP contribution in [-0.2, 0) is 4.79 Å². The molecule has 3 aromatic rings. The van der Waals surface area contributed by atoms with Gasteiger partial charge in [0.15, 0.2) is 0 Å². The first-order chi connectivity index (χ1) is 13.7. The van der Waals surface area contributed by atoms with E-state index in [0.717, 1.165) is 17.7 Å². The van der Waals surface area contributed by atoms with Gasteiger partial charge in [-0.25, -0.2) is 5.01 Å². The van der Waals surface area contributed by atoms with Crippen LogP contribution in [0.4, 0.5) is 0 Å². The minimum atomic E-state index is -0.0898. The second-order valence-corrected chi connectivity index (χ2v) is 6.97. The third-order valence-electron chi connectivity index (χ3n) is 4.26. The van der Waals surface area contributed by atoms with Crippen LogP contribution in [0, 0.1) is 0 Å². The van der Waals surface area contributed by atoms with Crippen molar-refractivity contribution >= 4 is 23.4 Å². The van der Waals surface area contributed by atoms with E-state index < -0.39 is 0 Å². The largest absolute Gasteiger partial charge is 0.496 e. The molecular formula is C20H18N4O3S. The van der Waals surface area contributed by atoms with E-state index in [-0.39, 0.29) is 11.7 Å². The number of carbonyl (C=O) groups is 1. The predicted octanol–water partition coefficient (Wildman–Crippen LogP) is 3.47. The van der Waals surface area contributed by atoms with Gasteiger partial charge in [0, 0.05) is 6.42 Å².